The lowest BCUT2D eigenvalue weighted by Crippen LogP contribution is -2.46. The minimum atomic E-state index is -0.956. The predicted octanol–water partition coefficient (Wildman–Crippen LogP) is -0.349. The van der Waals surface area contributed by atoms with Crippen LogP contribution in [-0.4, -0.2) is 60.6 Å². The molecule has 1 amide bonds. The van der Waals surface area contributed by atoms with Crippen LogP contribution in [0.2, 0.25) is 0 Å². The molecule has 1 aliphatic heterocycles. The monoisotopic (exact) mass is 257 g/mol. The minimum Gasteiger partial charge on any atom is -0.480 e. The molecule has 6 heteroatoms. The van der Waals surface area contributed by atoms with Crippen molar-refractivity contribution in [1.29, 1.82) is 0 Å². The van der Waals surface area contributed by atoms with E-state index in [1.807, 2.05) is 6.92 Å². The maximum atomic E-state index is 11.8. The van der Waals surface area contributed by atoms with Crippen molar-refractivity contribution < 1.29 is 14.7 Å². The van der Waals surface area contributed by atoms with Crippen LogP contribution in [0.25, 0.3) is 0 Å². The van der Waals surface area contributed by atoms with Crippen molar-refractivity contribution in [3.63, 3.8) is 0 Å². The zero-order valence-corrected chi connectivity index (χ0v) is 10.9. The fraction of sp³-hybridized carbons (Fsp3) is 0.833. The van der Waals surface area contributed by atoms with Crippen molar-refractivity contribution in [2.45, 2.75) is 32.2 Å². The van der Waals surface area contributed by atoms with Crippen molar-refractivity contribution in [2.24, 2.45) is 0 Å². The first-order valence-electron chi connectivity index (χ1n) is 6.58. The van der Waals surface area contributed by atoms with Gasteiger partial charge in [0.15, 0.2) is 0 Å². The van der Waals surface area contributed by atoms with Gasteiger partial charge in [0.05, 0.1) is 6.54 Å². The number of carboxylic acids is 1. The molecular weight excluding hydrogens is 234 g/mol. The van der Waals surface area contributed by atoms with E-state index in [-0.39, 0.29) is 12.5 Å². The Morgan fingerprint density at radius 1 is 1.39 bits per heavy atom. The molecule has 1 saturated heterocycles. The number of aliphatic carboxylic acids is 1. The Hall–Kier alpha value is -1.14. The van der Waals surface area contributed by atoms with Gasteiger partial charge < -0.3 is 15.7 Å². The summed E-state index contributed by atoms with van der Waals surface area (Å²) in [7, 11) is 0. The Labute approximate surface area is 108 Å². The summed E-state index contributed by atoms with van der Waals surface area (Å²) in [6, 6.07) is -0.757. The summed E-state index contributed by atoms with van der Waals surface area (Å²) >= 11 is 0. The highest BCUT2D eigenvalue weighted by atomic mass is 16.4. The van der Waals surface area contributed by atoms with Gasteiger partial charge in [-0.05, 0) is 25.9 Å². The minimum absolute atomic E-state index is 0.197. The Morgan fingerprint density at radius 2 is 2.17 bits per heavy atom. The highest BCUT2D eigenvalue weighted by Gasteiger charge is 2.20. The van der Waals surface area contributed by atoms with Gasteiger partial charge in [-0.1, -0.05) is 13.3 Å². The molecular formula is C12H23N3O3. The highest BCUT2D eigenvalue weighted by molar-refractivity contribution is 5.84. The van der Waals surface area contributed by atoms with Crippen LogP contribution in [0, 0.1) is 0 Å². The van der Waals surface area contributed by atoms with Gasteiger partial charge in [0.2, 0.25) is 5.91 Å². The van der Waals surface area contributed by atoms with E-state index in [0.717, 1.165) is 39.0 Å². The van der Waals surface area contributed by atoms with Crippen LogP contribution in [0.5, 0.6) is 0 Å². The molecule has 0 aromatic heterocycles. The Morgan fingerprint density at radius 3 is 2.83 bits per heavy atom. The summed E-state index contributed by atoms with van der Waals surface area (Å²) in [5.74, 6) is -1.15. The van der Waals surface area contributed by atoms with Gasteiger partial charge in [0, 0.05) is 13.1 Å². The summed E-state index contributed by atoms with van der Waals surface area (Å²) < 4.78 is 0. The fourth-order valence-electron chi connectivity index (χ4n) is 2.05. The second-order valence-electron chi connectivity index (χ2n) is 4.63. The molecule has 18 heavy (non-hydrogen) atoms. The molecule has 0 bridgehead atoms. The lowest BCUT2D eigenvalue weighted by Gasteiger charge is -2.20. The van der Waals surface area contributed by atoms with E-state index in [1.165, 1.54) is 0 Å². The van der Waals surface area contributed by atoms with Crippen molar-refractivity contribution >= 4 is 11.9 Å². The molecule has 0 radical (unpaired) electrons. The number of nitrogens with zero attached hydrogens (tertiary/aromatic N) is 1. The molecule has 1 atom stereocenters. The second-order valence-corrected chi connectivity index (χ2v) is 4.63. The Kier molecular flexibility index (Phi) is 6.67. The van der Waals surface area contributed by atoms with Crippen LogP contribution < -0.4 is 10.6 Å². The van der Waals surface area contributed by atoms with E-state index in [9.17, 15) is 9.59 Å². The lowest BCUT2D eigenvalue weighted by molar-refractivity contribution is -0.142. The largest absolute Gasteiger partial charge is 0.480 e. The number of carbonyl (C=O) groups excluding carboxylic acids is 1. The molecule has 0 aliphatic carbocycles. The van der Waals surface area contributed by atoms with E-state index in [0.29, 0.717) is 6.42 Å². The molecule has 1 rings (SSSR count). The molecule has 104 valence electrons. The van der Waals surface area contributed by atoms with Crippen LogP contribution in [-0.2, 0) is 9.59 Å². The van der Waals surface area contributed by atoms with Gasteiger partial charge in [-0.25, -0.2) is 4.79 Å². The van der Waals surface area contributed by atoms with E-state index < -0.39 is 12.0 Å². The van der Waals surface area contributed by atoms with Crippen molar-refractivity contribution in [3.8, 4) is 0 Å². The number of nitrogens with one attached hydrogen (secondary N) is 2. The average molecular weight is 257 g/mol. The topological polar surface area (TPSA) is 81.7 Å². The van der Waals surface area contributed by atoms with Crippen LogP contribution in [0.15, 0.2) is 0 Å². The summed E-state index contributed by atoms with van der Waals surface area (Å²) in [6.07, 6.45) is 2.23. The van der Waals surface area contributed by atoms with E-state index >= 15 is 0 Å². The molecule has 3 N–H and O–H groups in total. The normalized spacial score (nSPS) is 18.9. The number of amides is 1. The van der Waals surface area contributed by atoms with E-state index in [1.54, 1.807) is 0 Å². The van der Waals surface area contributed by atoms with Crippen LogP contribution >= 0.6 is 0 Å². The fourth-order valence-corrected chi connectivity index (χ4v) is 2.05. The standard InChI is InChI=1S/C12H23N3O3/c1-2-4-10(12(17)18)14-11(16)9-15-7-3-5-13-6-8-15/h10,13H,2-9H2,1H3,(H,14,16)(H,17,18). The van der Waals surface area contributed by atoms with Gasteiger partial charge in [-0.15, -0.1) is 0 Å². The summed E-state index contributed by atoms with van der Waals surface area (Å²) in [5.41, 5.74) is 0. The third-order valence-electron chi connectivity index (χ3n) is 3.01. The number of rotatable bonds is 6. The molecule has 1 fully saturated rings. The van der Waals surface area contributed by atoms with Crippen molar-refractivity contribution in [3.05, 3.63) is 0 Å². The maximum Gasteiger partial charge on any atom is 0.326 e. The van der Waals surface area contributed by atoms with E-state index in [2.05, 4.69) is 15.5 Å². The van der Waals surface area contributed by atoms with E-state index in [4.69, 9.17) is 5.11 Å². The zero-order valence-electron chi connectivity index (χ0n) is 10.9. The number of carboxylic acid groups (broad SMARTS) is 1. The summed E-state index contributed by atoms with van der Waals surface area (Å²) in [5, 5.41) is 14.8. The molecule has 1 heterocycles. The molecule has 1 unspecified atom stereocenters. The molecule has 0 spiro atoms. The van der Waals surface area contributed by atoms with Gasteiger partial charge >= 0.3 is 5.97 Å². The highest BCUT2D eigenvalue weighted by Crippen LogP contribution is 1.99. The number of hydrogen-bond acceptors (Lipinski definition) is 4. The first-order valence-corrected chi connectivity index (χ1v) is 6.58. The lowest BCUT2D eigenvalue weighted by atomic mass is 10.1. The van der Waals surface area contributed by atoms with Crippen LogP contribution in [0.1, 0.15) is 26.2 Å². The van der Waals surface area contributed by atoms with Gasteiger partial charge in [0.1, 0.15) is 6.04 Å². The maximum absolute atomic E-state index is 11.8. The number of carbonyl (C=O) groups is 2. The Balaban J connectivity index is 2.36. The summed E-state index contributed by atoms with van der Waals surface area (Å²) in [6.45, 7) is 5.76. The average Bonchev–Trinajstić information content (AvgIpc) is 2.57. The predicted molar refractivity (Wildman–Crippen MR) is 68.4 cm³/mol. The second kappa shape index (κ2) is 8.05. The quantitative estimate of drug-likeness (QED) is 0.606. The van der Waals surface area contributed by atoms with Gasteiger partial charge in [-0.3, -0.25) is 9.69 Å². The molecule has 0 aromatic carbocycles. The zero-order chi connectivity index (χ0) is 13.4. The van der Waals surface area contributed by atoms with Gasteiger partial charge in [-0.2, -0.15) is 0 Å². The first kappa shape index (κ1) is 14.9. The molecule has 0 aromatic rings. The van der Waals surface area contributed by atoms with Gasteiger partial charge in [0.25, 0.3) is 0 Å². The first-order chi connectivity index (χ1) is 8.63. The molecule has 1 aliphatic rings. The summed E-state index contributed by atoms with van der Waals surface area (Å²) in [4.78, 5) is 24.8. The molecule has 0 saturated carbocycles. The van der Waals surface area contributed by atoms with Crippen molar-refractivity contribution in [2.75, 3.05) is 32.7 Å². The van der Waals surface area contributed by atoms with Crippen molar-refractivity contribution in [1.82, 2.24) is 15.5 Å². The third-order valence-corrected chi connectivity index (χ3v) is 3.01. The van der Waals surface area contributed by atoms with Crippen LogP contribution in [0.3, 0.4) is 0 Å². The smallest absolute Gasteiger partial charge is 0.326 e. The molecule has 6 nitrogen and oxygen atoms in total. The Bertz CT molecular complexity index is 276. The SMILES string of the molecule is CCCC(NC(=O)CN1CCCNCC1)C(=O)O. The number of hydrogen-bond donors (Lipinski definition) is 3. The van der Waals surface area contributed by atoms with Crippen LogP contribution in [0.4, 0.5) is 0 Å². The third kappa shape index (κ3) is 5.46.